The Hall–Kier alpha value is -2.89. The quantitative estimate of drug-likeness (QED) is 0.747. The zero-order chi connectivity index (χ0) is 14.8. The van der Waals surface area contributed by atoms with Gasteiger partial charge in [0.2, 0.25) is 0 Å². The molecule has 1 aromatic carbocycles. The molecule has 6 heteroatoms. The summed E-state index contributed by atoms with van der Waals surface area (Å²) in [5.74, 6) is 0.0258. The number of hydrogen-bond donors (Lipinski definition) is 1. The summed E-state index contributed by atoms with van der Waals surface area (Å²) in [5.41, 5.74) is 3.74. The van der Waals surface area contributed by atoms with E-state index in [9.17, 15) is 4.79 Å². The van der Waals surface area contributed by atoms with Crippen molar-refractivity contribution in [2.75, 3.05) is 14.2 Å². The summed E-state index contributed by atoms with van der Waals surface area (Å²) >= 11 is 0. The van der Waals surface area contributed by atoms with Gasteiger partial charge in [-0.1, -0.05) is 6.07 Å². The molecule has 0 aliphatic carbocycles. The van der Waals surface area contributed by atoms with E-state index in [4.69, 9.17) is 9.47 Å². The third-order valence-electron chi connectivity index (χ3n) is 3.25. The van der Waals surface area contributed by atoms with Crippen LogP contribution in [0.2, 0.25) is 0 Å². The molecule has 0 saturated carbocycles. The molecule has 1 N–H and O–H groups in total. The zero-order valence-electron chi connectivity index (χ0n) is 11.6. The Kier molecular flexibility index (Phi) is 3.27. The predicted molar refractivity (Wildman–Crippen MR) is 77.2 cm³/mol. The average Bonchev–Trinajstić information content (AvgIpc) is 3.02. The highest BCUT2D eigenvalue weighted by atomic mass is 16.5. The van der Waals surface area contributed by atoms with Crippen molar-refractivity contribution in [1.82, 2.24) is 15.2 Å². The molecule has 0 fully saturated rings. The lowest BCUT2D eigenvalue weighted by Crippen LogP contribution is -2.04. The fourth-order valence-electron chi connectivity index (χ4n) is 2.22. The van der Waals surface area contributed by atoms with E-state index in [0.717, 1.165) is 22.2 Å². The Labute approximate surface area is 120 Å². The molecule has 21 heavy (non-hydrogen) atoms. The van der Waals surface area contributed by atoms with E-state index in [1.807, 2.05) is 12.1 Å². The molecule has 2 aromatic heterocycles. The van der Waals surface area contributed by atoms with Gasteiger partial charge in [0.15, 0.2) is 0 Å². The molecule has 0 spiro atoms. The van der Waals surface area contributed by atoms with E-state index >= 15 is 0 Å². The number of H-pyrrole nitrogens is 1. The van der Waals surface area contributed by atoms with E-state index in [-0.39, 0.29) is 0 Å². The molecule has 0 aliphatic heterocycles. The number of carbonyl (C=O) groups is 1. The number of carbonyl (C=O) groups excluding carboxylic acids is 1. The molecular weight excluding hydrogens is 270 g/mol. The summed E-state index contributed by atoms with van der Waals surface area (Å²) in [4.78, 5) is 15.9. The van der Waals surface area contributed by atoms with E-state index in [1.54, 1.807) is 24.5 Å². The Morgan fingerprint density at radius 3 is 2.86 bits per heavy atom. The van der Waals surface area contributed by atoms with Gasteiger partial charge in [-0.3, -0.25) is 10.1 Å². The SMILES string of the molecule is COC(=O)c1ccc(-c2ccnc3c[nH]nc23)cc1OC. The summed E-state index contributed by atoms with van der Waals surface area (Å²) in [6, 6.07) is 7.17. The first-order valence-corrected chi connectivity index (χ1v) is 6.30. The van der Waals surface area contributed by atoms with Gasteiger partial charge in [0, 0.05) is 18.0 Å². The Balaban J connectivity index is 2.15. The molecule has 106 valence electrons. The lowest BCUT2D eigenvalue weighted by molar-refractivity contribution is 0.0597. The number of rotatable bonds is 3. The highest BCUT2D eigenvalue weighted by molar-refractivity contribution is 5.95. The van der Waals surface area contributed by atoms with Crippen LogP contribution in [0.1, 0.15) is 10.4 Å². The van der Waals surface area contributed by atoms with Crippen LogP contribution in [0.5, 0.6) is 5.75 Å². The van der Waals surface area contributed by atoms with Crippen molar-refractivity contribution in [2.24, 2.45) is 0 Å². The van der Waals surface area contributed by atoms with Crippen LogP contribution in [-0.4, -0.2) is 35.4 Å². The smallest absolute Gasteiger partial charge is 0.341 e. The molecule has 3 rings (SSSR count). The highest BCUT2D eigenvalue weighted by Gasteiger charge is 2.15. The molecule has 6 nitrogen and oxygen atoms in total. The van der Waals surface area contributed by atoms with E-state index < -0.39 is 5.97 Å². The third-order valence-corrected chi connectivity index (χ3v) is 3.25. The largest absolute Gasteiger partial charge is 0.496 e. The van der Waals surface area contributed by atoms with Crippen molar-refractivity contribution < 1.29 is 14.3 Å². The molecule has 0 aliphatic rings. The van der Waals surface area contributed by atoms with Gasteiger partial charge < -0.3 is 9.47 Å². The molecule has 0 unspecified atom stereocenters. The van der Waals surface area contributed by atoms with Gasteiger partial charge in [-0.15, -0.1) is 0 Å². The van der Waals surface area contributed by atoms with Crippen LogP contribution in [-0.2, 0) is 4.74 Å². The molecule has 3 aromatic rings. The second kappa shape index (κ2) is 5.24. The molecular formula is C15H13N3O3. The minimum absolute atomic E-state index is 0.385. The maximum absolute atomic E-state index is 11.7. The van der Waals surface area contributed by atoms with E-state index in [0.29, 0.717) is 11.3 Å². The lowest BCUT2D eigenvalue weighted by atomic mass is 10.0. The number of nitrogens with one attached hydrogen (secondary N) is 1. The molecule has 0 bridgehead atoms. The van der Waals surface area contributed by atoms with Crippen molar-refractivity contribution in [3.63, 3.8) is 0 Å². The van der Waals surface area contributed by atoms with Gasteiger partial charge in [0.1, 0.15) is 22.3 Å². The van der Waals surface area contributed by atoms with Gasteiger partial charge >= 0.3 is 5.97 Å². The second-order valence-corrected chi connectivity index (χ2v) is 4.38. The van der Waals surface area contributed by atoms with E-state index in [2.05, 4.69) is 15.2 Å². The summed E-state index contributed by atoms with van der Waals surface area (Å²) in [7, 11) is 2.86. The lowest BCUT2D eigenvalue weighted by Gasteiger charge is -2.09. The number of aromatic amines is 1. The number of benzene rings is 1. The maximum Gasteiger partial charge on any atom is 0.341 e. The normalized spacial score (nSPS) is 10.6. The molecule has 0 amide bonds. The van der Waals surface area contributed by atoms with Gasteiger partial charge in [-0.25, -0.2) is 4.79 Å². The van der Waals surface area contributed by atoms with Gasteiger partial charge in [-0.2, -0.15) is 5.10 Å². The number of fused-ring (bicyclic) bond motifs is 1. The molecule has 0 atom stereocenters. The number of methoxy groups -OCH3 is 2. The number of pyridine rings is 1. The van der Waals surface area contributed by atoms with Crippen LogP contribution in [0.25, 0.3) is 22.2 Å². The Bertz CT molecular complexity index is 811. The van der Waals surface area contributed by atoms with Crippen LogP contribution in [0.4, 0.5) is 0 Å². The first kappa shape index (κ1) is 13.1. The minimum atomic E-state index is -0.432. The number of aromatic nitrogens is 3. The van der Waals surface area contributed by atoms with Crippen LogP contribution >= 0.6 is 0 Å². The van der Waals surface area contributed by atoms with Crippen LogP contribution < -0.4 is 4.74 Å². The van der Waals surface area contributed by atoms with Crippen LogP contribution in [0, 0.1) is 0 Å². The maximum atomic E-state index is 11.7. The fourth-order valence-corrected chi connectivity index (χ4v) is 2.22. The molecule has 2 heterocycles. The second-order valence-electron chi connectivity index (χ2n) is 4.38. The number of esters is 1. The van der Waals surface area contributed by atoms with Crippen LogP contribution in [0.15, 0.2) is 36.7 Å². The topological polar surface area (TPSA) is 77.1 Å². The van der Waals surface area contributed by atoms with Crippen molar-refractivity contribution in [2.45, 2.75) is 0 Å². The molecule has 0 saturated heterocycles. The van der Waals surface area contributed by atoms with E-state index in [1.165, 1.54) is 14.2 Å². The van der Waals surface area contributed by atoms with Crippen molar-refractivity contribution in [1.29, 1.82) is 0 Å². The van der Waals surface area contributed by atoms with Crippen molar-refractivity contribution >= 4 is 17.0 Å². The van der Waals surface area contributed by atoms with Gasteiger partial charge in [-0.05, 0) is 23.8 Å². The number of hydrogen-bond acceptors (Lipinski definition) is 5. The average molecular weight is 283 g/mol. The summed E-state index contributed by atoms with van der Waals surface area (Å²) < 4.78 is 10.0. The zero-order valence-corrected chi connectivity index (χ0v) is 11.6. The third kappa shape index (κ3) is 2.20. The number of nitrogens with zero attached hydrogens (tertiary/aromatic N) is 2. The fraction of sp³-hybridized carbons (Fsp3) is 0.133. The Morgan fingerprint density at radius 2 is 2.10 bits per heavy atom. The molecule has 0 radical (unpaired) electrons. The van der Waals surface area contributed by atoms with Crippen molar-refractivity contribution in [3.05, 3.63) is 42.2 Å². The van der Waals surface area contributed by atoms with Crippen LogP contribution in [0.3, 0.4) is 0 Å². The first-order chi connectivity index (χ1) is 10.2. The Morgan fingerprint density at radius 1 is 1.24 bits per heavy atom. The minimum Gasteiger partial charge on any atom is -0.496 e. The van der Waals surface area contributed by atoms with Gasteiger partial charge in [0.25, 0.3) is 0 Å². The standard InChI is InChI=1S/C15H13N3O3/c1-20-13-7-9(3-4-11(13)15(19)21-2)10-5-6-16-12-8-17-18-14(10)12/h3-8H,1-2H3,(H,17,18). The summed E-state index contributed by atoms with van der Waals surface area (Å²) in [5, 5.41) is 7.00. The predicted octanol–water partition coefficient (Wildman–Crippen LogP) is 2.42. The van der Waals surface area contributed by atoms with Gasteiger partial charge in [0.05, 0.1) is 14.2 Å². The first-order valence-electron chi connectivity index (χ1n) is 6.30. The number of ether oxygens (including phenoxy) is 2. The highest BCUT2D eigenvalue weighted by Crippen LogP contribution is 2.30. The monoisotopic (exact) mass is 283 g/mol. The summed E-state index contributed by atoms with van der Waals surface area (Å²) in [6.45, 7) is 0. The van der Waals surface area contributed by atoms with Crippen molar-refractivity contribution in [3.8, 4) is 16.9 Å². The summed E-state index contributed by atoms with van der Waals surface area (Å²) in [6.07, 6.45) is 3.45.